The summed E-state index contributed by atoms with van der Waals surface area (Å²) in [5, 5.41) is 9.77. The van der Waals surface area contributed by atoms with Crippen LogP contribution in [0.25, 0.3) is 33.0 Å². The average molecular weight is 412 g/mol. The Bertz CT molecular complexity index is 1200. The second kappa shape index (κ2) is 7.46. The SMILES string of the molecule is COc1cc(-c2cc(-c3ccc(-c4cnc(Cl)s4)cc3)[nH]c(=O)n2)ccc1O. The summed E-state index contributed by atoms with van der Waals surface area (Å²) in [6, 6.07) is 14.3. The molecule has 2 aromatic carbocycles. The highest BCUT2D eigenvalue weighted by molar-refractivity contribution is 7.18. The van der Waals surface area contributed by atoms with Crippen LogP contribution in [0.1, 0.15) is 0 Å². The van der Waals surface area contributed by atoms with Gasteiger partial charge >= 0.3 is 5.69 Å². The first kappa shape index (κ1) is 18.2. The zero-order chi connectivity index (χ0) is 19.7. The number of aromatic amines is 1. The molecule has 0 radical (unpaired) electrons. The number of phenolic OH excluding ortho intramolecular Hbond substituents is 1. The van der Waals surface area contributed by atoms with Gasteiger partial charge in [0.15, 0.2) is 16.0 Å². The zero-order valence-electron chi connectivity index (χ0n) is 14.6. The molecular weight excluding hydrogens is 398 g/mol. The zero-order valence-corrected chi connectivity index (χ0v) is 16.2. The lowest BCUT2D eigenvalue weighted by molar-refractivity contribution is 0.373. The molecule has 4 aromatic rings. The minimum absolute atomic E-state index is 0.0232. The van der Waals surface area contributed by atoms with Gasteiger partial charge in [-0.2, -0.15) is 4.98 Å². The van der Waals surface area contributed by atoms with E-state index in [2.05, 4.69) is 15.0 Å². The molecule has 0 saturated heterocycles. The number of thiazole rings is 1. The first-order valence-electron chi connectivity index (χ1n) is 8.24. The highest BCUT2D eigenvalue weighted by Gasteiger charge is 2.10. The quantitative estimate of drug-likeness (QED) is 0.512. The largest absolute Gasteiger partial charge is 0.504 e. The molecule has 2 aromatic heterocycles. The van der Waals surface area contributed by atoms with Crippen LogP contribution < -0.4 is 10.4 Å². The Morgan fingerprint density at radius 1 is 1.07 bits per heavy atom. The van der Waals surface area contributed by atoms with Crippen molar-refractivity contribution in [2.75, 3.05) is 7.11 Å². The van der Waals surface area contributed by atoms with E-state index in [1.807, 2.05) is 24.3 Å². The Hall–Kier alpha value is -3.16. The lowest BCUT2D eigenvalue weighted by atomic mass is 10.1. The number of methoxy groups -OCH3 is 1. The number of hydrogen-bond acceptors (Lipinski definition) is 6. The summed E-state index contributed by atoms with van der Waals surface area (Å²) in [7, 11) is 1.47. The summed E-state index contributed by atoms with van der Waals surface area (Å²) < 4.78 is 5.62. The maximum Gasteiger partial charge on any atom is 0.345 e. The van der Waals surface area contributed by atoms with Crippen molar-refractivity contribution in [1.29, 1.82) is 0 Å². The van der Waals surface area contributed by atoms with Gasteiger partial charge in [-0.1, -0.05) is 35.9 Å². The third-order valence-electron chi connectivity index (χ3n) is 4.18. The molecule has 140 valence electrons. The molecule has 8 heteroatoms. The molecule has 6 nitrogen and oxygen atoms in total. The van der Waals surface area contributed by atoms with Crippen LogP contribution in [-0.4, -0.2) is 27.2 Å². The fraction of sp³-hybridized carbons (Fsp3) is 0.0500. The second-order valence-corrected chi connectivity index (χ2v) is 7.54. The Balaban J connectivity index is 1.72. The molecule has 0 saturated carbocycles. The number of hydrogen-bond donors (Lipinski definition) is 2. The van der Waals surface area contributed by atoms with E-state index >= 15 is 0 Å². The monoisotopic (exact) mass is 411 g/mol. The number of phenols is 1. The Labute approximate surface area is 169 Å². The van der Waals surface area contributed by atoms with Gasteiger partial charge in [0.2, 0.25) is 0 Å². The number of benzene rings is 2. The van der Waals surface area contributed by atoms with E-state index in [1.54, 1.807) is 24.4 Å². The van der Waals surface area contributed by atoms with E-state index in [0.29, 0.717) is 27.2 Å². The van der Waals surface area contributed by atoms with Gasteiger partial charge < -0.3 is 14.8 Å². The standard InChI is InChI=1S/C20H14ClN3O3S/c1-27-17-8-13(6-7-16(17)25)15-9-14(23-20(26)24-15)11-2-4-12(5-3-11)18-10-22-19(21)28-18/h2-10,25H,1H3,(H,23,24,26). The van der Waals surface area contributed by atoms with E-state index in [-0.39, 0.29) is 5.75 Å². The Morgan fingerprint density at radius 2 is 1.79 bits per heavy atom. The topological polar surface area (TPSA) is 88.1 Å². The molecule has 0 bridgehead atoms. The number of aromatic hydroxyl groups is 1. The van der Waals surface area contributed by atoms with Crippen molar-refractivity contribution in [3.63, 3.8) is 0 Å². The number of halogens is 1. The van der Waals surface area contributed by atoms with Crippen molar-refractivity contribution in [3.05, 3.63) is 69.7 Å². The summed E-state index contributed by atoms with van der Waals surface area (Å²) in [4.78, 5) is 23.9. The summed E-state index contributed by atoms with van der Waals surface area (Å²) in [5.74, 6) is 0.337. The van der Waals surface area contributed by atoms with Gasteiger partial charge in [-0.25, -0.2) is 9.78 Å². The smallest absolute Gasteiger partial charge is 0.345 e. The molecule has 0 aliphatic heterocycles. The van der Waals surface area contributed by atoms with E-state index < -0.39 is 5.69 Å². The van der Waals surface area contributed by atoms with Crippen LogP contribution in [0, 0.1) is 0 Å². The maximum atomic E-state index is 12.1. The normalized spacial score (nSPS) is 10.8. The average Bonchev–Trinajstić information content (AvgIpc) is 3.14. The molecule has 0 spiro atoms. The van der Waals surface area contributed by atoms with Gasteiger partial charge in [0.25, 0.3) is 0 Å². The number of ether oxygens (including phenoxy) is 1. The van der Waals surface area contributed by atoms with Crippen LogP contribution in [0.2, 0.25) is 4.47 Å². The summed E-state index contributed by atoms with van der Waals surface area (Å²) in [6.45, 7) is 0. The van der Waals surface area contributed by atoms with Crippen molar-refractivity contribution in [1.82, 2.24) is 15.0 Å². The van der Waals surface area contributed by atoms with Crippen LogP contribution in [-0.2, 0) is 0 Å². The molecule has 0 atom stereocenters. The lowest BCUT2D eigenvalue weighted by Gasteiger charge is -2.08. The lowest BCUT2D eigenvalue weighted by Crippen LogP contribution is -2.11. The second-order valence-electron chi connectivity index (χ2n) is 5.93. The van der Waals surface area contributed by atoms with Crippen molar-refractivity contribution >= 4 is 22.9 Å². The predicted octanol–water partition coefficient (Wildman–Crippen LogP) is 4.60. The van der Waals surface area contributed by atoms with Crippen molar-refractivity contribution in [2.45, 2.75) is 0 Å². The van der Waals surface area contributed by atoms with Crippen LogP contribution in [0.3, 0.4) is 0 Å². The number of rotatable bonds is 4. The molecule has 2 heterocycles. The number of nitrogens with zero attached hydrogens (tertiary/aromatic N) is 2. The molecule has 2 N–H and O–H groups in total. The van der Waals surface area contributed by atoms with E-state index in [1.165, 1.54) is 24.5 Å². The first-order valence-corrected chi connectivity index (χ1v) is 9.44. The molecule has 0 aliphatic carbocycles. The van der Waals surface area contributed by atoms with Crippen molar-refractivity contribution < 1.29 is 9.84 Å². The number of nitrogens with one attached hydrogen (secondary N) is 1. The fourth-order valence-corrected chi connectivity index (χ4v) is 3.74. The summed E-state index contributed by atoms with van der Waals surface area (Å²) in [6.07, 6.45) is 1.73. The molecule has 0 fully saturated rings. The highest BCUT2D eigenvalue weighted by Crippen LogP contribution is 2.32. The molecule has 0 unspecified atom stereocenters. The summed E-state index contributed by atoms with van der Waals surface area (Å²) in [5.41, 5.74) is 3.15. The van der Waals surface area contributed by atoms with E-state index in [0.717, 1.165) is 16.0 Å². The number of H-pyrrole nitrogens is 1. The molecule has 0 amide bonds. The van der Waals surface area contributed by atoms with Gasteiger partial charge in [0.1, 0.15) is 0 Å². The third kappa shape index (κ3) is 3.62. The van der Waals surface area contributed by atoms with Gasteiger partial charge in [-0.05, 0) is 35.4 Å². The third-order valence-corrected chi connectivity index (χ3v) is 5.34. The van der Waals surface area contributed by atoms with Crippen LogP contribution in [0.4, 0.5) is 0 Å². The van der Waals surface area contributed by atoms with Crippen LogP contribution in [0.15, 0.2) is 59.5 Å². The van der Waals surface area contributed by atoms with Crippen molar-refractivity contribution in [3.8, 4) is 44.5 Å². The van der Waals surface area contributed by atoms with E-state index in [4.69, 9.17) is 16.3 Å². The fourth-order valence-electron chi connectivity index (χ4n) is 2.80. The van der Waals surface area contributed by atoms with Crippen LogP contribution >= 0.6 is 22.9 Å². The van der Waals surface area contributed by atoms with E-state index in [9.17, 15) is 9.90 Å². The first-order chi connectivity index (χ1) is 13.5. The molecular formula is C20H14ClN3O3S. The van der Waals surface area contributed by atoms with Gasteiger partial charge in [-0.3, -0.25) is 0 Å². The minimum Gasteiger partial charge on any atom is -0.504 e. The van der Waals surface area contributed by atoms with Gasteiger partial charge in [0.05, 0.1) is 23.4 Å². The molecule has 4 rings (SSSR count). The maximum absolute atomic E-state index is 12.1. The predicted molar refractivity (Wildman–Crippen MR) is 110 cm³/mol. The van der Waals surface area contributed by atoms with Gasteiger partial charge in [-0.15, -0.1) is 11.3 Å². The highest BCUT2D eigenvalue weighted by atomic mass is 35.5. The summed E-state index contributed by atoms with van der Waals surface area (Å²) >= 11 is 7.30. The molecule has 0 aliphatic rings. The van der Waals surface area contributed by atoms with Gasteiger partial charge in [0, 0.05) is 11.8 Å². The Morgan fingerprint density at radius 3 is 2.46 bits per heavy atom. The van der Waals surface area contributed by atoms with Crippen LogP contribution in [0.5, 0.6) is 11.5 Å². The Kier molecular flexibility index (Phi) is 4.85. The molecule has 28 heavy (non-hydrogen) atoms. The van der Waals surface area contributed by atoms with Crippen molar-refractivity contribution in [2.24, 2.45) is 0 Å². The minimum atomic E-state index is -0.460. The number of aromatic nitrogens is 3.